The minimum atomic E-state index is 0.695. The van der Waals surface area contributed by atoms with Gasteiger partial charge in [0.05, 0.1) is 11.6 Å². The van der Waals surface area contributed by atoms with Gasteiger partial charge in [-0.1, -0.05) is 36.4 Å². The third kappa shape index (κ3) is 2.87. The third-order valence-electron chi connectivity index (χ3n) is 3.52. The molecular weight excluding hydrogens is 318 g/mol. The monoisotopic (exact) mass is 331 g/mol. The molecule has 116 valence electrons. The van der Waals surface area contributed by atoms with Crippen molar-refractivity contribution in [1.82, 2.24) is 15.0 Å². The summed E-state index contributed by atoms with van der Waals surface area (Å²) >= 11 is 1.60. The van der Waals surface area contributed by atoms with Crippen molar-refractivity contribution in [2.45, 2.75) is 0 Å². The zero-order chi connectivity index (χ0) is 16.2. The average Bonchev–Trinajstić information content (AvgIpc) is 3.08. The molecule has 4 rings (SSSR count). The van der Waals surface area contributed by atoms with E-state index in [1.165, 1.54) is 0 Å². The predicted octanol–water partition coefficient (Wildman–Crippen LogP) is 4.20. The molecule has 0 amide bonds. The van der Waals surface area contributed by atoms with E-state index < -0.39 is 0 Å². The number of nitrogens with zero attached hydrogens (tertiary/aromatic N) is 4. The lowest BCUT2D eigenvalue weighted by molar-refractivity contribution is 1.19. The summed E-state index contributed by atoms with van der Waals surface area (Å²) < 4.78 is 0. The van der Waals surface area contributed by atoms with Crippen molar-refractivity contribution in [2.75, 3.05) is 5.43 Å². The Hall–Kier alpha value is -3.12. The van der Waals surface area contributed by atoms with Gasteiger partial charge >= 0.3 is 0 Å². The fraction of sp³-hybridized carbons (Fsp3) is 0. The summed E-state index contributed by atoms with van der Waals surface area (Å²) in [4.78, 5) is 13.7. The third-order valence-corrected chi connectivity index (χ3v) is 4.41. The summed E-state index contributed by atoms with van der Waals surface area (Å²) in [5.74, 6) is 0.695. The molecular formula is C18H13N5S. The summed E-state index contributed by atoms with van der Waals surface area (Å²) in [7, 11) is 0. The molecule has 0 saturated heterocycles. The number of fused-ring (bicyclic) bond motifs is 1. The van der Waals surface area contributed by atoms with Gasteiger partial charge in [-0.25, -0.2) is 9.97 Å². The van der Waals surface area contributed by atoms with E-state index in [0.29, 0.717) is 5.82 Å². The maximum Gasteiger partial charge on any atom is 0.159 e. The molecule has 0 fully saturated rings. The van der Waals surface area contributed by atoms with Crippen LogP contribution >= 0.6 is 11.3 Å². The minimum Gasteiger partial charge on any atom is -0.264 e. The van der Waals surface area contributed by atoms with Gasteiger partial charge < -0.3 is 0 Å². The molecule has 0 aliphatic rings. The Balaban J connectivity index is 1.71. The summed E-state index contributed by atoms with van der Waals surface area (Å²) in [6.07, 6.45) is 6.75. The highest BCUT2D eigenvalue weighted by Gasteiger charge is 2.12. The predicted molar refractivity (Wildman–Crippen MR) is 98.3 cm³/mol. The molecule has 6 heteroatoms. The van der Waals surface area contributed by atoms with Crippen molar-refractivity contribution >= 4 is 33.6 Å². The molecule has 0 bridgehead atoms. The lowest BCUT2D eigenvalue weighted by Gasteiger charge is -2.04. The average molecular weight is 331 g/mol. The van der Waals surface area contributed by atoms with Crippen LogP contribution in [0, 0.1) is 0 Å². The quantitative estimate of drug-likeness (QED) is 0.450. The first-order valence-electron chi connectivity index (χ1n) is 7.38. The van der Waals surface area contributed by atoms with Crippen molar-refractivity contribution in [3.8, 4) is 11.1 Å². The second-order valence-corrected chi connectivity index (χ2v) is 5.93. The number of nitrogens with one attached hydrogen (secondary N) is 1. The van der Waals surface area contributed by atoms with E-state index in [1.54, 1.807) is 36.3 Å². The molecule has 0 spiro atoms. The Morgan fingerprint density at radius 1 is 1.04 bits per heavy atom. The van der Waals surface area contributed by atoms with E-state index in [0.717, 1.165) is 26.9 Å². The van der Waals surface area contributed by atoms with Gasteiger partial charge in [0.15, 0.2) is 5.82 Å². The summed E-state index contributed by atoms with van der Waals surface area (Å²) in [5.41, 5.74) is 6.19. The van der Waals surface area contributed by atoms with Crippen molar-refractivity contribution in [2.24, 2.45) is 5.10 Å². The molecule has 3 aromatic heterocycles. The van der Waals surface area contributed by atoms with E-state index in [4.69, 9.17) is 0 Å². The van der Waals surface area contributed by atoms with E-state index in [1.807, 2.05) is 30.3 Å². The second-order valence-electron chi connectivity index (χ2n) is 5.07. The van der Waals surface area contributed by atoms with Crippen molar-refractivity contribution in [3.63, 3.8) is 0 Å². The van der Waals surface area contributed by atoms with Gasteiger partial charge in [-0.2, -0.15) is 5.10 Å². The molecule has 0 unspecified atom stereocenters. The van der Waals surface area contributed by atoms with Crippen LogP contribution < -0.4 is 5.43 Å². The molecule has 0 atom stereocenters. The minimum absolute atomic E-state index is 0.695. The fourth-order valence-corrected chi connectivity index (χ4v) is 3.33. The summed E-state index contributed by atoms with van der Waals surface area (Å²) in [5, 5.41) is 7.36. The Labute approximate surface area is 142 Å². The molecule has 3 heterocycles. The number of hydrazone groups is 1. The lowest BCUT2D eigenvalue weighted by atomic mass is 10.1. The molecule has 5 nitrogen and oxygen atoms in total. The first kappa shape index (κ1) is 14.5. The van der Waals surface area contributed by atoms with Crippen LogP contribution in [-0.2, 0) is 0 Å². The molecule has 1 aromatic carbocycles. The second kappa shape index (κ2) is 6.55. The zero-order valence-corrected chi connectivity index (χ0v) is 13.4. The SMILES string of the molecule is C(=NNc1ncnc2scc(-c3ccccc3)c12)c1cccnc1. The Bertz CT molecular complexity index is 980. The standard InChI is InChI=1S/C18H13N5S/c1-2-6-14(7-3-1)15-11-24-18-16(15)17(20-12-21-18)23-22-10-13-5-4-8-19-9-13/h1-12H,(H,20,21,23). The number of hydrogen-bond acceptors (Lipinski definition) is 6. The Morgan fingerprint density at radius 2 is 1.96 bits per heavy atom. The van der Waals surface area contributed by atoms with Crippen LogP contribution in [0.3, 0.4) is 0 Å². The fourth-order valence-electron chi connectivity index (χ4n) is 2.41. The molecule has 0 aliphatic heterocycles. The van der Waals surface area contributed by atoms with E-state index >= 15 is 0 Å². The molecule has 24 heavy (non-hydrogen) atoms. The van der Waals surface area contributed by atoms with Gasteiger partial charge in [-0.05, 0) is 11.6 Å². The van der Waals surface area contributed by atoms with E-state index in [2.05, 4.69) is 43.0 Å². The maximum atomic E-state index is 4.36. The number of anilines is 1. The number of hydrogen-bond donors (Lipinski definition) is 1. The van der Waals surface area contributed by atoms with Gasteiger partial charge in [-0.3, -0.25) is 10.4 Å². The molecule has 0 radical (unpaired) electrons. The lowest BCUT2D eigenvalue weighted by Crippen LogP contribution is -1.95. The first-order valence-corrected chi connectivity index (χ1v) is 8.26. The van der Waals surface area contributed by atoms with Gasteiger partial charge in [0.2, 0.25) is 0 Å². The van der Waals surface area contributed by atoms with Gasteiger partial charge in [0, 0.05) is 28.9 Å². The van der Waals surface area contributed by atoms with Crippen LogP contribution in [0.4, 0.5) is 5.82 Å². The van der Waals surface area contributed by atoms with Crippen LogP contribution in [-0.4, -0.2) is 21.2 Å². The van der Waals surface area contributed by atoms with Crippen LogP contribution in [0.2, 0.25) is 0 Å². The van der Waals surface area contributed by atoms with Crippen LogP contribution in [0.1, 0.15) is 5.56 Å². The molecule has 1 N–H and O–H groups in total. The van der Waals surface area contributed by atoms with E-state index in [9.17, 15) is 0 Å². The zero-order valence-electron chi connectivity index (χ0n) is 12.6. The topological polar surface area (TPSA) is 63.1 Å². The van der Waals surface area contributed by atoms with Gasteiger partial charge in [0.1, 0.15) is 11.2 Å². The first-order chi connectivity index (χ1) is 11.9. The summed E-state index contributed by atoms with van der Waals surface area (Å²) in [6, 6.07) is 14.0. The number of benzene rings is 1. The number of rotatable bonds is 4. The number of aromatic nitrogens is 3. The van der Waals surface area contributed by atoms with E-state index in [-0.39, 0.29) is 0 Å². The van der Waals surface area contributed by atoms with Crippen LogP contribution in [0.15, 0.2) is 71.7 Å². The van der Waals surface area contributed by atoms with Crippen molar-refractivity contribution in [3.05, 3.63) is 72.1 Å². The van der Waals surface area contributed by atoms with Gasteiger partial charge in [-0.15, -0.1) is 11.3 Å². The highest BCUT2D eigenvalue weighted by Crippen LogP contribution is 2.36. The Morgan fingerprint density at radius 3 is 2.79 bits per heavy atom. The van der Waals surface area contributed by atoms with Crippen molar-refractivity contribution < 1.29 is 0 Å². The molecule has 0 saturated carbocycles. The van der Waals surface area contributed by atoms with Crippen LogP contribution in [0.25, 0.3) is 21.3 Å². The highest BCUT2D eigenvalue weighted by molar-refractivity contribution is 7.17. The number of pyridine rings is 1. The van der Waals surface area contributed by atoms with Gasteiger partial charge in [0.25, 0.3) is 0 Å². The largest absolute Gasteiger partial charge is 0.264 e. The highest BCUT2D eigenvalue weighted by atomic mass is 32.1. The van der Waals surface area contributed by atoms with Crippen molar-refractivity contribution in [1.29, 1.82) is 0 Å². The Kier molecular flexibility index (Phi) is 3.95. The molecule has 0 aliphatic carbocycles. The maximum absolute atomic E-state index is 4.36. The normalized spacial score (nSPS) is 11.2. The molecule has 4 aromatic rings. The summed E-state index contributed by atoms with van der Waals surface area (Å²) in [6.45, 7) is 0. The number of thiophene rings is 1. The van der Waals surface area contributed by atoms with Crippen LogP contribution in [0.5, 0.6) is 0 Å². The smallest absolute Gasteiger partial charge is 0.159 e.